The van der Waals surface area contributed by atoms with E-state index in [9.17, 15) is 14.0 Å². The van der Waals surface area contributed by atoms with Crippen LogP contribution in [0.2, 0.25) is 5.02 Å². The molecule has 0 bridgehead atoms. The number of amides is 1. The summed E-state index contributed by atoms with van der Waals surface area (Å²) in [5.74, 6) is -2.00. The van der Waals surface area contributed by atoms with Crippen LogP contribution in [-0.4, -0.2) is 35.5 Å². The molecule has 1 aliphatic heterocycles. The zero-order valence-corrected chi connectivity index (χ0v) is 16.0. The van der Waals surface area contributed by atoms with Crippen LogP contribution in [0.25, 0.3) is 5.57 Å². The molecule has 3 rings (SSSR count). The summed E-state index contributed by atoms with van der Waals surface area (Å²) >= 11 is 6.37. The number of hydrogen-bond donors (Lipinski definition) is 3. The third kappa shape index (κ3) is 3.80. The summed E-state index contributed by atoms with van der Waals surface area (Å²) in [6.45, 7) is 1.18. The molecule has 0 aromatic heterocycles. The van der Waals surface area contributed by atoms with Crippen molar-refractivity contribution in [2.45, 2.75) is 13.1 Å². The number of carboxylic acid groups (broad SMARTS) is 1. The van der Waals surface area contributed by atoms with Crippen LogP contribution in [0.5, 0.6) is 0 Å². The number of carbonyl (C=O) groups excluding carboxylic acids is 1. The molecule has 2 aromatic rings. The Morgan fingerprint density at radius 2 is 1.96 bits per heavy atom. The second-order valence-electron chi connectivity index (χ2n) is 6.45. The monoisotopic (exact) mass is 403 g/mol. The van der Waals surface area contributed by atoms with Crippen LogP contribution in [0.15, 0.2) is 42.6 Å². The second kappa shape index (κ2) is 7.90. The number of aliphatic carboxylic acids is 1. The van der Waals surface area contributed by atoms with Gasteiger partial charge in [0, 0.05) is 40.6 Å². The lowest BCUT2D eigenvalue weighted by molar-refractivity contribution is -0.137. The molecule has 0 radical (unpaired) electrons. The third-order valence-electron chi connectivity index (χ3n) is 4.55. The normalized spacial score (nSPS) is 15.5. The number of halogens is 2. The Hall–Kier alpha value is -3.06. The Bertz CT molecular complexity index is 977. The van der Waals surface area contributed by atoms with Gasteiger partial charge in [0.15, 0.2) is 0 Å². The van der Waals surface area contributed by atoms with E-state index in [0.29, 0.717) is 21.8 Å². The molecular formula is C20H19ClFN3O3. The number of anilines is 1. The maximum atomic E-state index is 13.9. The fourth-order valence-corrected chi connectivity index (χ4v) is 3.41. The second-order valence-corrected chi connectivity index (χ2v) is 6.86. The molecule has 2 aromatic carbocycles. The molecule has 0 saturated carbocycles. The van der Waals surface area contributed by atoms with E-state index < -0.39 is 24.6 Å². The Balaban J connectivity index is 2.00. The molecule has 146 valence electrons. The summed E-state index contributed by atoms with van der Waals surface area (Å²) < 4.78 is 13.9. The van der Waals surface area contributed by atoms with Gasteiger partial charge in [0.1, 0.15) is 18.5 Å². The molecule has 8 heteroatoms. The molecule has 0 fully saturated rings. The van der Waals surface area contributed by atoms with Crippen LogP contribution >= 0.6 is 11.6 Å². The Kier molecular flexibility index (Phi) is 5.56. The van der Waals surface area contributed by atoms with Crippen LogP contribution in [0.4, 0.5) is 10.1 Å². The zero-order chi connectivity index (χ0) is 20.4. The minimum Gasteiger partial charge on any atom is -0.480 e. The van der Waals surface area contributed by atoms with Crippen molar-refractivity contribution in [1.82, 2.24) is 10.2 Å². The Labute approximate surface area is 166 Å². The fourth-order valence-electron chi connectivity index (χ4n) is 3.13. The van der Waals surface area contributed by atoms with E-state index >= 15 is 0 Å². The molecule has 1 aliphatic rings. The van der Waals surface area contributed by atoms with Crippen molar-refractivity contribution in [2.75, 3.05) is 18.9 Å². The smallest absolute Gasteiger partial charge is 0.322 e. The number of nitrogens with one attached hydrogen (secondary N) is 2. The van der Waals surface area contributed by atoms with Gasteiger partial charge in [0.05, 0.1) is 5.57 Å². The molecule has 28 heavy (non-hydrogen) atoms. The molecule has 1 atom stereocenters. The maximum absolute atomic E-state index is 13.9. The topological polar surface area (TPSA) is 81.7 Å². The third-order valence-corrected chi connectivity index (χ3v) is 4.87. The van der Waals surface area contributed by atoms with E-state index in [1.165, 1.54) is 6.07 Å². The van der Waals surface area contributed by atoms with Crippen molar-refractivity contribution < 1.29 is 19.1 Å². The summed E-state index contributed by atoms with van der Waals surface area (Å²) in [5.41, 5.74) is 2.60. The molecule has 3 N–H and O–H groups in total. The first kappa shape index (κ1) is 19.7. The molecular weight excluding hydrogens is 385 g/mol. The summed E-state index contributed by atoms with van der Waals surface area (Å²) in [6.07, 6.45) is 1.20. The van der Waals surface area contributed by atoms with Gasteiger partial charge in [-0.3, -0.25) is 9.59 Å². The maximum Gasteiger partial charge on any atom is 0.322 e. The van der Waals surface area contributed by atoms with E-state index in [-0.39, 0.29) is 11.4 Å². The van der Waals surface area contributed by atoms with Gasteiger partial charge in [-0.05, 0) is 25.1 Å². The summed E-state index contributed by atoms with van der Waals surface area (Å²) in [5, 5.41) is 14.8. The first-order valence-electron chi connectivity index (χ1n) is 8.53. The number of benzene rings is 2. The minimum absolute atomic E-state index is 0.262. The number of fused-ring (bicyclic) bond motifs is 1. The lowest BCUT2D eigenvalue weighted by atomic mass is 9.93. The summed E-state index contributed by atoms with van der Waals surface area (Å²) in [7, 11) is 1.76. The van der Waals surface area contributed by atoms with Crippen LogP contribution in [0.3, 0.4) is 0 Å². The van der Waals surface area contributed by atoms with Gasteiger partial charge in [-0.25, -0.2) is 4.39 Å². The Morgan fingerprint density at radius 3 is 2.68 bits per heavy atom. The number of nitrogens with zero attached hydrogens (tertiary/aromatic N) is 1. The van der Waals surface area contributed by atoms with E-state index in [4.69, 9.17) is 16.7 Å². The van der Waals surface area contributed by atoms with Crippen LogP contribution < -0.4 is 10.6 Å². The van der Waals surface area contributed by atoms with E-state index in [0.717, 1.165) is 5.56 Å². The highest BCUT2D eigenvalue weighted by atomic mass is 35.5. The van der Waals surface area contributed by atoms with Gasteiger partial charge < -0.3 is 20.6 Å². The van der Waals surface area contributed by atoms with Crippen LogP contribution in [-0.2, 0) is 9.59 Å². The van der Waals surface area contributed by atoms with E-state index in [2.05, 4.69) is 10.6 Å². The summed E-state index contributed by atoms with van der Waals surface area (Å²) in [4.78, 5) is 25.1. The minimum atomic E-state index is -1.14. The molecule has 0 aliphatic carbocycles. The van der Waals surface area contributed by atoms with Crippen molar-refractivity contribution >= 4 is 34.7 Å². The number of rotatable bonds is 5. The van der Waals surface area contributed by atoms with Gasteiger partial charge in [-0.15, -0.1) is 0 Å². The first-order chi connectivity index (χ1) is 13.3. The Morgan fingerprint density at radius 1 is 1.25 bits per heavy atom. The fraction of sp³-hybridized carbons (Fsp3) is 0.200. The lowest BCUT2D eigenvalue weighted by Crippen LogP contribution is -2.36. The highest BCUT2D eigenvalue weighted by Crippen LogP contribution is 2.39. The van der Waals surface area contributed by atoms with Crippen LogP contribution in [0, 0.1) is 12.7 Å². The van der Waals surface area contributed by atoms with Gasteiger partial charge >= 0.3 is 5.97 Å². The van der Waals surface area contributed by atoms with Gasteiger partial charge in [0.2, 0.25) is 0 Å². The first-order valence-corrected chi connectivity index (χ1v) is 8.91. The SMILES string of the molecule is Cc1c(F)cccc1NC1c2cccc(Cl)c2C(C(=O)NCC(=O)O)=CN1C. The van der Waals surface area contributed by atoms with Crippen molar-refractivity contribution in [3.8, 4) is 0 Å². The predicted molar refractivity (Wildman–Crippen MR) is 105 cm³/mol. The number of carboxylic acids is 1. The predicted octanol–water partition coefficient (Wildman–Crippen LogP) is 3.39. The largest absolute Gasteiger partial charge is 0.480 e. The summed E-state index contributed by atoms with van der Waals surface area (Å²) in [6, 6.07) is 10.0. The van der Waals surface area contributed by atoms with Crippen molar-refractivity contribution in [2.24, 2.45) is 0 Å². The molecule has 1 heterocycles. The zero-order valence-electron chi connectivity index (χ0n) is 15.3. The molecule has 0 spiro atoms. The van der Waals surface area contributed by atoms with Gasteiger partial charge in [0.25, 0.3) is 5.91 Å². The highest BCUT2D eigenvalue weighted by Gasteiger charge is 2.30. The highest BCUT2D eigenvalue weighted by molar-refractivity contribution is 6.35. The average Bonchev–Trinajstić information content (AvgIpc) is 2.65. The average molecular weight is 404 g/mol. The van der Waals surface area contributed by atoms with Crippen molar-refractivity contribution in [3.63, 3.8) is 0 Å². The van der Waals surface area contributed by atoms with E-state index in [1.54, 1.807) is 49.3 Å². The lowest BCUT2D eigenvalue weighted by Gasteiger charge is -2.36. The van der Waals surface area contributed by atoms with Crippen LogP contribution in [0.1, 0.15) is 22.9 Å². The van der Waals surface area contributed by atoms with Gasteiger partial charge in [-0.1, -0.05) is 29.8 Å². The molecule has 0 saturated heterocycles. The van der Waals surface area contributed by atoms with Gasteiger partial charge in [-0.2, -0.15) is 0 Å². The molecule has 1 unspecified atom stereocenters. The van der Waals surface area contributed by atoms with Crippen molar-refractivity contribution in [3.05, 3.63) is 70.1 Å². The number of hydrogen-bond acceptors (Lipinski definition) is 4. The molecule has 6 nitrogen and oxygen atoms in total. The van der Waals surface area contributed by atoms with E-state index in [1.807, 2.05) is 6.07 Å². The number of carbonyl (C=O) groups is 2. The standard InChI is InChI=1S/C20H19ClFN3O3/c1-11-15(22)7-4-8-16(11)24-19-12-5-3-6-14(21)18(12)13(10-25(19)2)20(28)23-9-17(26)27/h3-8,10,19,24H,9H2,1-2H3,(H,23,28)(H,26,27). The molecule has 1 amide bonds. The quantitative estimate of drug-likeness (QED) is 0.713. The van der Waals surface area contributed by atoms with Crippen molar-refractivity contribution in [1.29, 1.82) is 0 Å².